The van der Waals surface area contributed by atoms with Gasteiger partial charge in [0.1, 0.15) is 0 Å². The highest BCUT2D eigenvalue weighted by Gasteiger charge is 2.15. The average Bonchev–Trinajstić information content (AvgIpc) is 2.88. The van der Waals surface area contributed by atoms with Crippen LogP contribution in [0.2, 0.25) is 5.02 Å². The fourth-order valence-corrected chi connectivity index (χ4v) is 4.05. The maximum Gasteiger partial charge on any atom is 0.185 e. The van der Waals surface area contributed by atoms with Gasteiger partial charge in [-0.1, -0.05) is 30.7 Å². The molecule has 1 atom stereocenters. The normalized spacial score (nSPS) is 12.3. The lowest BCUT2D eigenvalue weighted by Gasteiger charge is -2.02. The van der Waals surface area contributed by atoms with Crippen molar-refractivity contribution in [3.05, 3.63) is 51.2 Å². The fourth-order valence-electron chi connectivity index (χ4n) is 1.62. The summed E-state index contributed by atoms with van der Waals surface area (Å²) in [7, 11) is -1.39. The topological polar surface area (TPSA) is 34.1 Å². The number of carbonyl (C=O) groups is 1. The largest absolute Gasteiger partial charge is 0.292 e. The van der Waals surface area contributed by atoms with Gasteiger partial charge in [0.2, 0.25) is 0 Å². The van der Waals surface area contributed by atoms with Crippen LogP contribution in [0.4, 0.5) is 0 Å². The number of rotatable bonds is 5. The van der Waals surface area contributed by atoms with Crippen molar-refractivity contribution < 1.29 is 9.00 Å². The molecule has 0 aliphatic heterocycles. The van der Waals surface area contributed by atoms with Gasteiger partial charge in [-0.05, 0) is 30.7 Å². The Morgan fingerprint density at radius 3 is 2.63 bits per heavy atom. The number of thiophene rings is 1. The number of halogens is 1. The van der Waals surface area contributed by atoms with Crippen LogP contribution in [0.25, 0.3) is 0 Å². The first-order valence-electron chi connectivity index (χ1n) is 5.86. The third-order valence-electron chi connectivity index (χ3n) is 2.63. The Morgan fingerprint density at radius 2 is 2.00 bits per heavy atom. The summed E-state index contributed by atoms with van der Waals surface area (Å²) < 4.78 is 12.1. The Morgan fingerprint density at radius 1 is 1.26 bits per heavy atom. The molecule has 0 aliphatic carbocycles. The van der Waals surface area contributed by atoms with Gasteiger partial charge in [0.05, 0.1) is 31.3 Å². The standard InChI is InChI=1S/C14H13ClO2S2/c1-2-10-7-8-13(18-10)12(16)9-19(17)14-6-4-3-5-11(14)15/h3-8H,2,9H2,1H3. The minimum atomic E-state index is -1.39. The Bertz CT molecular complexity index is 619. The summed E-state index contributed by atoms with van der Waals surface area (Å²) in [6, 6.07) is 10.7. The van der Waals surface area contributed by atoms with Gasteiger partial charge in [-0.15, -0.1) is 11.3 Å². The molecular formula is C14H13ClO2S2. The van der Waals surface area contributed by atoms with Crippen molar-refractivity contribution in [1.82, 2.24) is 0 Å². The third kappa shape index (κ3) is 3.53. The highest BCUT2D eigenvalue weighted by Crippen LogP contribution is 2.22. The molecule has 1 aromatic heterocycles. The summed E-state index contributed by atoms with van der Waals surface area (Å²) >= 11 is 7.44. The summed E-state index contributed by atoms with van der Waals surface area (Å²) in [5, 5.41) is 0.439. The van der Waals surface area contributed by atoms with Crippen molar-refractivity contribution in [1.29, 1.82) is 0 Å². The zero-order valence-electron chi connectivity index (χ0n) is 10.4. The van der Waals surface area contributed by atoms with Crippen LogP contribution in [-0.4, -0.2) is 15.7 Å². The van der Waals surface area contributed by atoms with Crippen LogP contribution in [-0.2, 0) is 17.2 Å². The highest BCUT2D eigenvalue weighted by molar-refractivity contribution is 7.86. The molecule has 1 unspecified atom stereocenters. The van der Waals surface area contributed by atoms with Crippen molar-refractivity contribution in [3.63, 3.8) is 0 Å². The van der Waals surface area contributed by atoms with Crippen molar-refractivity contribution in [2.75, 3.05) is 5.75 Å². The van der Waals surface area contributed by atoms with E-state index in [0.29, 0.717) is 14.8 Å². The number of ketones is 1. The van der Waals surface area contributed by atoms with Gasteiger partial charge in [-0.2, -0.15) is 0 Å². The smallest absolute Gasteiger partial charge is 0.185 e. The van der Waals surface area contributed by atoms with Crippen LogP contribution in [0, 0.1) is 0 Å². The van der Waals surface area contributed by atoms with E-state index in [0.717, 1.165) is 11.3 Å². The van der Waals surface area contributed by atoms with E-state index in [1.165, 1.54) is 11.3 Å². The van der Waals surface area contributed by atoms with E-state index >= 15 is 0 Å². The van der Waals surface area contributed by atoms with Crippen molar-refractivity contribution in [2.24, 2.45) is 0 Å². The molecule has 0 aliphatic rings. The second-order valence-electron chi connectivity index (χ2n) is 3.96. The van der Waals surface area contributed by atoms with Crippen molar-refractivity contribution in [3.8, 4) is 0 Å². The molecule has 0 N–H and O–H groups in total. The van der Waals surface area contributed by atoms with Crippen LogP contribution >= 0.6 is 22.9 Å². The first kappa shape index (κ1) is 14.4. The van der Waals surface area contributed by atoms with Gasteiger partial charge in [-0.3, -0.25) is 9.00 Å². The predicted octanol–water partition coefficient (Wildman–Crippen LogP) is 3.95. The van der Waals surface area contributed by atoms with Crippen LogP contribution in [0.5, 0.6) is 0 Å². The van der Waals surface area contributed by atoms with E-state index in [1.807, 2.05) is 13.0 Å². The Labute approximate surface area is 123 Å². The number of hydrogen-bond donors (Lipinski definition) is 0. The minimum Gasteiger partial charge on any atom is -0.292 e. The Hall–Kier alpha value is -0.970. The molecule has 1 heterocycles. The van der Waals surface area contributed by atoms with Crippen molar-refractivity contribution in [2.45, 2.75) is 18.2 Å². The minimum absolute atomic E-state index is 0.0204. The van der Waals surface area contributed by atoms with E-state index in [4.69, 9.17) is 11.6 Å². The molecule has 1 aromatic carbocycles. The van der Waals surface area contributed by atoms with E-state index in [9.17, 15) is 9.00 Å². The Kier molecular flexibility index (Phi) is 4.91. The first-order chi connectivity index (χ1) is 9.11. The number of hydrogen-bond acceptors (Lipinski definition) is 3. The lowest BCUT2D eigenvalue weighted by molar-refractivity contribution is 0.102. The maximum absolute atomic E-state index is 12.1. The summed E-state index contributed by atoms with van der Waals surface area (Å²) in [6.07, 6.45) is 0.908. The van der Waals surface area contributed by atoms with Gasteiger partial charge in [0.15, 0.2) is 5.78 Å². The molecule has 0 saturated heterocycles. The number of benzene rings is 1. The second kappa shape index (κ2) is 6.46. The van der Waals surface area contributed by atoms with Gasteiger partial charge < -0.3 is 0 Å². The third-order valence-corrected chi connectivity index (χ3v) is 5.71. The maximum atomic E-state index is 12.1. The summed E-state index contributed by atoms with van der Waals surface area (Å²) in [5.74, 6) is -0.115. The van der Waals surface area contributed by atoms with E-state index in [-0.39, 0.29) is 11.5 Å². The summed E-state index contributed by atoms with van der Waals surface area (Å²) in [5.41, 5.74) is 0. The average molecular weight is 313 g/mol. The number of Topliss-reactive ketones (excluding diaryl/α,β-unsaturated/α-hetero) is 1. The molecule has 0 bridgehead atoms. The van der Waals surface area contributed by atoms with E-state index < -0.39 is 10.8 Å². The molecular weight excluding hydrogens is 300 g/mol. The van der Waals surface area contributed by atoms with E-state index in [2.05, 4.69) is 0 Å². The molecule has 0 amide bonds. The molecule has 2 aromatic rings. The molecule has 0 fully saturated rings. The Balaban J connectivity index is 2.11. The zero-order chi connectivity index (χ0) is 13.8. The second-order valence-corrected chi connectivity index (χ2v) is 6.96. The lowest BCUT2D eigenvalue weighted by Crippen LogP contribution is -2.10. The van der Waals surface area contributed by atoms with Crippen molar-refractivity contribution >= 4 is 39.5 Å². The molecule has 19 heavy (non-hydrogen) atoms. The number of aryl methyl sites for hydroxylation is 1. The zero-order valence-corrected chi connectivity index (χ0v) is 12.8. The predicted molar refractivity (Wildman–Crippen MR) is 80.8 cm³/mol. The van der Waals surface area contributed by atoms with Gasteiger partial charge >= 0.3 is 0 Å². The monoisotopic (exact) mass is 312 g/mol. The molecule has 0 saturated carbocycles. The highest BCUT2D eigenvalue weighted by atomic mass is 35.5. The van der Waals surface area contributed by atoms with Crippen LogP contribution < -0.4 is 0 Å². The van der Waals surface area contributed by atoms with E-state index in [1.54, 1.807) is 30.3 Å². The molecule has 5 heteroatoms. The van der Waals surface area contributed by atoms with Crippen LogP contribution in [0.15, 0.2) is 41.3 Å². The quantitative estimate of drug-likeness (QED) is 0.783. The molecule has 2 rings (SSSR count). The summed E-state index contributed by atoms with van der Waals surface area (Å²) in [4.78, 5) is 14.4. The lowest BCUT2D eigenvalue weighted by atomic mass is 10.3. The summed E-state index contributed by atoms with van der Waals surface area (Å²) in [6.45, 7) is 2.04. The number of carbonyl (C=O) groups excluding carboxylic acids is 1. The SMILES string of the molecule is CCc1ccc(C(=O)CS(=O)c2ccccc2Cl)s1. The van der Waals surface area contributed by atoms with Gasteiger partial charge in [0, 0.05) is 4.88 Å². The van der Waals surface area contributed by atoms with Crippen LogP contribution in [0.1, 0.15) is 21.5 Å². The molecule has 0 radical (unpaired) electrons. The fraction of sp³-hybridized carbons (Fsp3) is 0.214. The molecule has 100 valence electrons. The first-order valence-corrected chi connectivity index (χ1v) is 8.38. The van der Waals surface area contributed by atoms with Gasteiger partial charge in [-0.25, -0.2) is 0 Å². The molecule has 0 spiro atoms. The van der Waals surface area contributed by atoms with Crippen LogP contribution in [0.3, 0.4) is 0 Å². The van der Waals surface area contributed by atoms with Gasteiger partial charge in [0.25, 0.3) is 0 Å². The molecule has 2 nitrogen and oxygen atoms in total.